The molecule has 0 aliphatic heterocycles. The Morgan fingerprint density at radius 2 is 2.47 bits per heavy atom. The molecule has 2 aromatic rings. The number of H-pyrrole nitrogens is 1. The zero-order valence-electron chi connectivity index (χ0n) is 9.33. The molecule has 1 N–H and O–H groups in total. The van der Waals surface area contributed by atoms with Crippen LogP contribution in [0.15, 0.2) is 28.0 Å². The highest BCUT2D eigenvalue weighted by Crippen LogP contribution is 2.47. The van der Waals surface area contributed by atoms with E-state index in [1.54, 1.807) is 6.21 Å². The third-order valence-corrected chi connectivity index (χ3v) is 3.25. The number of hydrogen-bond donors (Lipinski definition) is 1. The van der Waals surface area contributed by atoms with E-state index in [0.717, 1.165) is 17.4 Å². The highest BCUT2D eigenvalue weighted by atomic mass is 32.1. The van der Waals surface area contributed by atoms with E-state index >= 15 is 0 Å². The summed E-state index contributed by atoms with van der Waals surface area (Å²) in [6.45, 7) is 2.23. The first-order chi connectivity index (χ1) is 8.24. The van der Waals surface area contributed by atoms with Gasteiger partial charge in [0.2, 0.25) is 4.77 Å². The standard InChI is InChI=1S/C11H12N4OS/c1-7-4-9(7)10-3-2-8(16-10)5-13-15-6-12-14-11(15)17/h2-3,5-7,9H,4H2,1H3,(H,14,17)/b13-5-/t7-,9-/m1/s1. The summed E-state index contributed by atoms with van der Waals surface area (Å²) in [5, 5.41) is 10.6. The molecule has 0 aromatic carbocycles. The molecule has 0 bridgehead atoms. The van der Waals surface area contributed by atoms with Crippen molar-refractivity contribution >= 4 is 18.4 Å². The van der Waals surface area contributed by atoms with Crippen molar-refractivity contribution in [3.8, 4) is 0 Å². The van der Waals surface area contributed by atoms with Gasteiger partial charge in [0.25, 0.3) is 0 Å². The lowest BCUT2D eigenvalue weighted by molar-refractivity contribution is 0.500. The summed E-state index contributed by atoms with van der Waals surface area (Å²) in [4.78, 5) is 0. The normalized spacial score (nSPS) is 23.4. The summed E-state index contributed by atoms with van der Waals surface area (Å²) < 4.78 is 7.63. The molecule has 2 heterocycles. The van der Waals surface area contributed by atoms with Gasteiger partial charge in [-0.1, -0.05) is 6.92 Å². The Balaban J connectivity index is 1.77. The molecule has 3 rings (SSSR count). The van der Waals surface area contributed by atoms with E-state index in [1.165, 1.54) is 17.4 Å². The molecule has 5 nitrogen and oxygen atoms in total. The van der Waals surface area contributed by atoms with Crippen molar-refractivity contribution < 1.29 is 4.42 Å². The van der Waals surface area contributed by atoms with Crippen LogP contribution in [0.1, 0.15) is 30.8 Å². The van der Waals surface area contributed by atoms with E-state index in [1.807, 2.05) is 12.1 Å². The number of nitrogens with one attached hydrogen (secondary N) is 1. The van der Waals surface area contributed by atoms with Gasteiger partial charge in [-0.15, -0.1) is 0 Å². The van der Waals surface area contributed by atoms with Crippen molar-refractivity contribution in [1.82, 2.24) is 14.9 Å². The van der Waals surface area contributed by atoms with Gasteiger partial charge in [0.15, 0.2) is 0 Å². The lowest BCUT2D eigenvalue weighted by Crippen LogP contribution is -1.87. The van der Waals surface area contributed by atoms with Gasteiger partial charge in [-0.2, -0.15) is 14.9 Å². The van der Waals surface area contributed by atoms with Gasteiger partial charge in [0, 0.05) is 5.92 Å². The van der Waals surface area contributed by atoms with Crippen molar-refractivity contribution in [2.45, 2.75) is 19.3 Å². The zero-order valence-corrected chi connectivity index (χ0v) is 10.1. The molecule has 6 heteroatoms. The Morgan fingerprint density at radius 3 is 3.12 bits per heavy atom. The highest BCUT2D eigenvalue weighted by molar-refractivity contribution is 7.71. The first kappa shape index (κ1) is 10.5. The molecule has 0 spiro atoms. The topological polar surface area (TPSA) is 59.1 Å². The van der Waals surface area contributed by atoms with Gasteiger partial charge in [0.1, 0.15) is 17.8 Å². The molecule has 0 amide bonds. The molecule has 2 atom stereocenters. The van der Waals surface area contributed by atoms with Crippen LogP contribution in [0.4, 0.5) is 0 Å². The van der Waals surface area contributed by atoms with Crippen molar-refractivity contribution in [1.29, 1.82) is 0 Å². The Hall–Kier alpha value is -1.69. The summed E-state index contributed by atoms with van der Waals surface area (Å²) in [6.07, 6.45) is 4.38. The van der Waals surface area contributed by atoms with Crippen molar-refractivity contribution in [2.75, 3.05) is 0 Å². The summed E-state index contributed by atoms with van der Waals surface area (Å²) >= 11 is 4.97. The van der Waals surface area contributed by atoms with Gasteiger partial charge in [0.05, 0.1) is 6.21 Å². The van der Waals surface area contributed by atoms with Crippen molar-refractivity contribution in [2.24, 2.45) is 11.0 Å². The van der Waals surface area contributed by atoms with Crippen LogP contribution < -0.4 is 0 Å². The van der Waals surface area contributed by atoms with Crippen LogP contribution in [0.5, 0.6) is 0 Å². The van der Waals surface area contributed by atoms with Gasteiger partial charge in [-0.05, 0) is 36.7 Å². The smallest absolute Gasteiger partial charge is 0.216 e. The average molecular weight is 248 g/mol. The lowest BCUT2D eigenvalue weighted by Gasteiger charge is -1.90. The van der Waals surface area contributed by atoms with E-state index in [9.17, 15) is 0 Å². The summed E-state index contributed by atoms with van der Waals surface area (Å²) in [5.74, 6) is 3.12. The lowest BCUT2D eigenvalue weighted by atomic mass is 10.3. The fourth-order valence-corrected chi connectivity index (χ4v) is 1.95. The number of aromatic nitrogens is 3. The Morgan fingerprint density at radius 1 is 1.65 bits per heavy atom. The number of nitrogens with zero attached hydrogens (tertiary/aromatic N) is 3. The van der Waals surface area contributed by atoms with Crippen molar-refractivity contribution in [3.63, 3.8) is 0 Å². The van der Waals surface area contributed by atoms with Crippen LogP contribution in [0.3, 0.4) is 0 Å². The van der Waals surface area contributed by atoms with Gasteiger partial charge in [-0.25, -0.2) is 0 Å². The second-order valence-electron chi connectivity index (χ2n) is 4.31. The second-order valence-corrected chi connectivity index (χ2v) is 4.70. The molecular formula is C11H12N4OS. The van der Waals surface area contributed by atoms with Gasteiger partial charge >= 0.3 is 0 Å². The third kappa shape index (κ3) is 2.08. The number of aromatic amines is 1. The SMILES string of the molecule is C[C@@H]1C[C@H]1c1ccc(/C=N\n2cn[nH]c2=S)o1. The minimum atomic E-state index is 0.462. The summed E-state index contributed by atoms with van der Waals surface area (Å²) in [7, 11) is 0. The van der Waals surface area contributed by atoms with Gasteiger partial charge in [-0.3, -0.25) is 5.10 Å². The molecule has 0 saturated heterocycles. The van der Waals surface area contributed by atoms with E-state index < -0.39 is 0 Å². The fourth-order valence-electron chi connectivity index (χ4n) is 1.80. The largest absolute Gasteiger partial charge is 0.460 e. The maximum atomic E-state index is 5.69. The maximum Gasteiger partial charge on any atom is 0.216 e. The van der Waals surface area contributed by atoms with E-state index in [0.29, 0.717) is 10.7 Å². The quantitative estimate of drug-likeness (QED) is 0.670. The molecule has 0 unspecified atom stereocenters. The first-order valence-corrected chi connectivity index (χ1v) is 5.91. The second kappa shape index (κ2) is 3.96. The Bertz CT molecular complexity index is 609. The van der Waals surface area contributed by atoms with Gasteiger partial charge < -0.3 is 4.42 Å². The van der Waals surface area contributed by atoms with Crippen LogP contribution in [0.2, 0.25) is 0 Å². The predicted molar refractivity (Wildman–Crippen MR) is 65.6 cm³/mol. The molecular weight excluding hydrogens is 236 g/mol. The van der Waals surface area contributed by atoms with E-state index in [2.05, 4.69) is 22.2 Å². The van der Waals surface area contributed by atoms with E-state index in [-0.39, 0.29) is 0 Å². The number of hydrogen-bond acceptors (Lipinski definition) is 4. The molecule has 2 aromatic heterocycles. The predicted octanol–water partition coefficient (Wildman–Crippen LogP) is 2.54. The minimum Gasteiger partial charge on any atom is -0.460 e. The zero-order chi connectivity index (χ0) is 11.8. The van der Waals surface area contributed by atoms with Crippen LogP contribution in [0.25, 0.3) is 0 Å². The summed E-state index contributed by atoms with van der Waals surface area (Å²) in [5.41, 5.74) is 0. The molecule has 88 valence electrons. The molecule has 1 aliphatic rings. The van der Waals surface area contributed by atoms with Crippen LogP contribution in [-0.4, -0.2) is 21.1 Å². The Kier molecular flexibility index (Phi) is 2.44. The first-order valence-electron chi connectivity index (χ1n) is 5.50. The minimum absolute atomic E-state index is 0.462. The molecule has 1 fully saturated rings. The Labute approximate surface area is 103 Å². The van der Waals surface area contributed by atoms with Crippen LogP contribution in [0, 0.1) is 10.7 Å². The number of furan rings is 1. The molecule has 1 aliphatic carbocycles. The monoisotopic (exact) mass is 248 g/mol. The average Bonchev–Trinajstić information content (AvgIpc) is 2.76. The van der Waals surface area contributed by atoms with Crippen LogP contribution in [-0.2, 0) is 0 Å². The summed E-state index contributed by atoms with van der Waals surface area (Å²) in [6, 6.07) is 3.94. The number of rotatable bonds is 3. The molecule has 1 saturated carbocycles. The van der Waals surface area contributed by atoms with Crippen molar-refractivity contribution in [3.05, 3.63) is 34.8 Å². The third-order valence-electron chi connectivity index (χ3n) is 2.97. The maximum absolute atomic E-state index is 5.69. The highest BCUT2D eigenvalue weighted by Gasteiger charge is 2.36. The molecule has 17 heavy (non-hydrogen) atoms. The fraction of sp³-hybridized carbons (Fsp3) is 0.364. The van der Waals surface area contributed by atoms with Crippen LogP contribution >= 0.6 is 12.2 Å². The molecule has 0 radical (unpaired) electrons. The van der Waals surface area contributed by atoms with E-state index in [4.69, 9.17) is 16.6 Å².